The smallest absolute Gasteiger partial charge is 0.348 e. The van der Waals surface area contributed by atoms with Gasteiger partial charge in [-0.1, -0.05) is 18.2 Å². The first-order valence-electron chi connectivity index (χ1n) is 9.53. The molecule has 2 aromatic heterocycles. The number of benzene rings is 1. The number of anilines is 1. The van der Waals surface area contributed by atoms with Gasteiger partial charge in [0.15, 0.2) is 0 Å². The monoisotopic (exact) mass is 433 g/mol. The van der Waals surface area contributed by atoms with Crippen molar-refractivity contribution in [3.63, 3.8) is 0 Å². The number of alkyl halides is 3. The zero-order chi connectivity index (χ0) is 22.2. The van der Waals surface area contributed by atoms with Crippen LogP contribution < -0.4 is 10.5 Å². The lowest BCUT2D eigenvalue weighted by molar-refractivity contribution is -0.385. The van der Waals surface area contributed by atoms with Gasteiger partial charge in [0.1, 0.15) is 5.65 Å². The van der Waals surface area contributed by atoms with Crippen molar-refractivity contribution in [3.8, 4) is 0 Å². The maximum absolute atomic E-state index is 12.7. The van der Waals surface area contributed by atoms with E-state index in [0.717, 1.165) is 22.1 Å². The van der Waals surface area contributed by atoms with Crippen LogP contribution in [0.3, 0.4) is 0 Å². The van der Waals surface area contributed by atoms with Crippen LogP contribution in [0.4, 0.5) is 24.7 Å². The molecule has 4 rings (SSSR count). The molecular weight excluding hydrogens is 415 g/mol. The van der Waals surface area contributed by atoms with Gasteiger partial charge in [0.25, 0.3) is 0 Å². The van der Waals surface area contributed by atoms with E-state index >= 15 is 0 Å². The molecule has 1 fully saturated rings. The van der Waals surface area contributed by atoms with Gasteiger partial charge in [-0.05, 0) is 29.8 Å². The summed E-state index contributed by atoms with van der Waals surface area (Å²) in [5.41, 5.74) is -0.936. The van der Waals surface area contributed by atoms with Crippen LogP contribution >= 0.6 is 0 Å². The van der Waals surface area contributed by atoms with Crippen LogP contribution in [-0.2, 0) is 12.7 Å². The van der Waals surface area contributed by atoms with Crippen molar-refractivity contribution in [2.75, 3.05) is 31.1 Å². The molecule has 0 spiro atoms. The fourth-order valence-electron chi connectivity index (χ4n) is 3.62. The number of nitro groups is 1. The van der Waals surface area contributed by atoms with Crippen molar-refractivity contribution in [1.82, 2.24) is 14.3 Å². The first-order valence-corrected chi connectivity index (χ1v) is 9.53. The second-order valence-electron chi connectivity index (χ2n) is 7.23. The van der Waals surface area contributed by atoms with E-state index in [1.54, 1.807) is 23.1 Å². The minimum atomic E-state index is -4.37. The number of hydrogen-bond acceptors (Lipinski definition) is 6. The average Bonchev–Trinajstić information content (AvgIpc) is 2.74. The summed E-state index contributed by atoms with van der Waals surface area (Å²) in [6, 6.07) is 9.91. The highest BCUT2D eigenvalue weighted by atomic mass is 19.4. The van der Waals surface area contributed by atoms with Crippen LogP contribution in [0, 0.1) is 10.1 Å². The Kier molecular flexibility index (Phi) is 5.36. The zero-order valence-corrected chi connectivity index (χ0v) is 16.2. The minimum absolute atomic E-state index is 0.0374. The largest absolute Gasteiger partial charge is 0.416 e. The second kappa shape index (κ2) is 7.99. The molecule has 11 heteroatoms. The number of halogens is 3. The van der Waals surface area contributed by atoms with Crippen LogP contribution in [0.15, 0.2) is 53.5 Å². The predicted octanol–water partition coefficient (Wildman–Crippen LogP) is 2.94. The normalized spacial score (nSPS) is 15.4. The molecule has 0 unspecified atom stereocenters. The summed E-state index contributed by atoms with van der Waals surface area (Å²) >= 11 is 0. The summed E-state index contributed by atoms with van der Waals surface area (Å²) in [5.74, 6) is 0.0374. The third-order valence-electron chi connectivity index (χ3n) is 5.23. The van der Waals surface area contributed by atoms with Crippen LogP contribution in [-0.4, -0.2) is 45.4 Å². The molecule has 0 bridgehead atoms. The minimum Gasteiger partial charge on any atom is -0.348 e. The number of rotatable bonds is 4. The molecular formula is C20H18F3N5O3. The summed E-state index contributed by atoms with van der Waals surface area (Å²) < 4.78 is 39.3. The van der Waals surface area contributed by atoms with E-state index in [9.17, 15) is 28.1 Å². The van der Waals surface area contributed by atoms with Crippen molar-refractivity contribution < 1.29 is 18.1 Å². The molecule has 0 radical (unpaired) electrons. The van der Waals surface area contributed by atoms with E-state index in [4.69, 9.17) is 0 Å². The lowest BCUT2D eigenvalue weighted by Gasteiger charge is -2.35. The summed E-state index contributed by atoms with van der Waals surface area (Å²) in [6.45, 7) is 2.30. The lowest BCUT2D eigenvalue weighted by atomic mass is 10.1. The molecule has 31 heavy (non-hydrogen) atoms. The van der Waals surface area contributed by atoms with Crippen molar-refractivity contribution in [2.45, 2.75) is 12.7 Å². The molecule has 0 atom stereocenters. The first kappa shape index (κ1) is 20.8. The molecule has 1 aromatic carbocycles. The van der Waals surface area contributed by atoms with E-state index in [1.165, 1.54) is 18.3 Å². The molecule has 1 aliphatic heterocycles. The lowest BCUT2D eigenvalue weighted by Crippen LogP contribution is -2.47. The molecule has 162 valence electrons. The van der Waals surface area contributed by atoms with Gasteiger partial charge in [-0.15, -0.1) is 0 Å². The van der Waals surface area contributed by atoms with E-state index in [2.05, 4.69) is 4.98 Å². The molecule has 1 saturated heterocycles. The van der Waals surface area contributed by atoms with E-state index in [0.29, 0.717) is 38.4 Å². The van der Waals surface area contributed by atoms with E-state index in [-0.39, 0.29) is 5.82 Å². The molecule has 0 aliphatic carbocycles. The molecule has 3 aromatic rings. The van der Waals surface area contributed by atoms with Gasteiger partial charge in [-0.3, -0.25) is 24.2 Å². The number of hydrogen-bond donors (Lipinski definition) is 0. The highest BCUT2D eigenvalue weighted by Crippen LogP contribution is 2.29. The number of fused-ring (bicyclic) bond motifs is 1. The first-order chi connectivity index (χ1) is 14.7. The van der Waals surface area contributed by atoms with Gasteiger partial charge < -0.3 is 4.90 Å². The maximum Gasteiger partial charge on any atom is 0.416 e. The Labute approximate surface area is 174 Å². The van der Waals surface area contributed by atoms with Crippen LogP contribution in [0.5, 0.6) is 0 Å². The zero-order valence-electron chi connectivity index (χ0n) is 16.2. The quantitative estimate of drug-likeness (QED) is 0.465. The molecule has 0 saturated carbocycles. The standard InChI is InChI=1S/C20H18F3N5O3/c21-20(22,23)15-6-4-14(5-7-15)13-25-9-11-26(12-10-25)18-17(28(30)31)19(29)27-8-2-1-3-16(27)24-18/h1-8H,9-13H2. The number of nitrogens with zero attached hydrogens (tertiary/aromatic N) is 5. The van der Waals surface area contributed by atoms with Crippen LogP contribution in [0.1, 0.15) is 11.1 Å². The van der Waals surface area contributed by atoms with Gasteiger partial charge in [0.05, 0.1) is 10.5 Å². The second-order valence-corrected chi connectivity index (χ2v) is 7.23. The molecule has 0 N–H and O–H groups in total. The van der Waals surface area contributed by atoms with Crippen molar-refractivity contribution in [3.05, 3.63) is 80.3 Å². The Morgan fingerprint density at radius 3 is 2.32 bits per heavy atom. The van der Waals surface area contributed by atoms with Crippen LogP contribution in [0.2, 0.25) is 0 Å². The van der Waals surface area contributed by atoms with E-state index < -0.39 is 27.9 Å². The third-order valence-corrected chi connectivity index (χ3v) is 5.23. The van der Waals surface area contributed by atoms with Gasteiger partial charge in [-0.25, -0.2) is 4.98 Å². The Morgan fingerprint density at radius 2 is 1.71 bits per heavy atom. The summed E-state index contributed by atoms with van der Waals surface area (Å²) in [6.07, 6.45) is -2.94. The van der Waals surface area contributed by atoms with Crippen molar-refractivity contribution >= 4 is 17.2 Å². The summed E-state index contributed by atoms with van der Waals surface area (Å²) in [7, 11) is 0. The Hall–Kier alpha value is -3.47. The summed E-state index contributed by atoms with van der Waals surface area (Å²) in [5, 5.41) is 11.6. The number of aromatic nitrogens is 2. The molecule has 1 aliphatic rings. The fraction of sp³-hybridized carbons (Fsp3) is 0.300. The highest BCUT2D eigenvalue weighted by Gasteiger charge is 2.31. The van der Waals surface area contributed by atoms with Gasteiger partial charge >= 0.3 is 17.4 Å². The van der Waals surface area contributed by atoms with Gasteiger partial charge in [-0.2, -0.15) is 13.2 Å². The van der Waals surface area contributed by atoms with Crippen molar-refractivity contribution in [1.29, 1.82) is 0 Å². The molecule has 3 heterocycles. The predicted molar refractivity (Wildman–Crippen MR) is 107 cm³/mol. The maximum atomic E-state index is 12.7. The van der Waals surface area contributed by atoms with Gasteiger partial charge in [0.2, 0.25) is 5.82 Å². The van der Waals surface area contributed by atoms with E-state index in [1.807, 2.05) is 4.90 Å². The fourth-order valence-corrected chi connectivity index (χ4v) is 3.62. The topological polar surface area (TPSA) is 84.0 Å². The summed E-state index contributed by atoms with van der Waals surface area (Å²) in [4.78, 5) is 31.5. The molecule has 0 amide bonds. The highest BCUT2D eigenvalue weighted by molar-refractivity contribution is 5.61. The number of piperazine rings is 1. The van der Waals surface area contributed by atoms with Crippen LogP contribution in [0.25, 0.3) is 5.65 Å². The number of pyridine rings is 1. The average molecular weight is 433 g/mol. The Bertz CT molecular complexity index is 1170. The SMILES string of the molecule is O=c1c([N+](=O)[O-])c(N2CCN(Cc3ccc(C(F)(F)F)cc3)CC2)nc2ccccn12. The Morgan fingerprint density at radius 1 is 1.03 bits per heavy atom. The van der Waals surface area contributed by atoms with Gasteiger partial charge in [0, 0.05) is 38.9 Å². The third kappa shape index (κ3) is 4.22. The van der Waals surface area contributed by atoms with Crippen molar-refractivity contribution in [2.24, 2.45) is 0 Å². The molecule has 8 nitrogen and oxygen atoms in total. The Balaban J connectivity index is 1.50.